The third kappa shape index (κ3) is 1.75. The molecule has 5 nitrogen and oxygen atoms in total. The number of hydrogen-bond donors (Lipinski definition) is 1. The van der Waals surface area contributed by atoms with E-state index in [1.165, 1.54) is 18.4 Å². The van der Waals surface area contributed by atoms with Crippen molar-refractivity contribution in [1.29, 1.82) is 0 Å². The molecule has 5 heteroatoms. The summed E-state index contributed by atoms with van der Waals surface area (Å²) >= 11 is 0. The smallest absolute Gasteiger partial charge is 0.177 e. The van der Waals surface area contributed by atoms with E-state index in [0.29, 0.717) is 18.8 Å². The van der Waals surface area contributed by atoms with Crippen LogP contribution in [0.5, 0.6) is 11.5 Å². The highest BCUT2D eigenvalue weighted by molar-refractivity contribution is 5.94. The van der Waals surface area contributed by atoms with Crippen molar-refractivity contribution >= 4 is 5.78 Å². The van der Waals surface area contributed by atoms with Crippen molar-refractivity contribution in [2.75, 3.05) is 19.7 Å². The van der Waals surface area contributed by atoms with Crippen LogP contribution >= 0.6 is 0 Å². The second-order valence-corrected chi connectivity index (χ2v) is 9.64. The summed E-state index contributed by atoms with van der Waals surface area (Å²) in [6, 6.07) is 4.05. The molecule has 2 saturated carbocycles. The Hall–Kier alpha value is -1.59. The quantitative estimate of drug-likeness (QED) is 0.866. The van der Waals surface area contributed by atoms with E-state index in [2.05, 4.69) is 11.8 Å². The number of likely N-dealkylation sites (tertiary alicyclic amines) is 1. The molecule has 1 saturated heterocycles. The minimum Gasteiger partial charge on any atom is -0.504 e. The van der Waals surface area contributed by atoms with Gasteiger partial charge in [-0.15, -0.1) is 0 Å². The number of ketones is 1. The average Bonchev–Trinajstić information content (AvgIpc) is 3.43. The summed E-state index contributed by atoms with van der Waals surface area (Å²) in [6.07, 6.45) is 5.66. The van der Waals surface area contributed by atoms with Crippen LogP contribution in [0, 0.1) is 5.92 Å². The third-order valence-electron chi connectivity index (χ3n) is 8.51. The van der Waals surface area contributed by atoms with E-state index < -0.39 is 16.6 Å². The van der Waals surface area contributed by atoms with Crippen LogP contribution in [-0.4, -0.2) is 52.7 Å². The van der Waals surface area contributed by atoms with Crippen molar-refractivity contribution in [3.8, 4) is 11.5 Å². The Bertz CT molecular complexity index is 880. The average molecular weight is 383 g/mol. The Morgan fingerprint density at radius 3 is 2.89 bits per heavy atom. The van der Waals surface area contributed by atoms with Gasteiger partial charge in [0.2, 0.25) is 0 Å². The molecule has 1 aromatic carbocycles. The van der Waals surface area contributed by atoms with Crippen LogP contribution in [0.3, 0.4) is 0 Å². The number of carbonyl (C=O) groups excluding carboxylic acids is 1. The Morgan fingerprint density at radius 1 is 1.32 bits per heavy atom. The number of phenolic OH excluding ortho intramolecular Hbond substituents is 1. The molecule has 1 N–H and O–H groups in total. The largest absolute Gasteiger partial charge is 0.504 e. The molecule has 2 heterocycles. The summed E-state index contributed by atoms with van der Waals surface area (Å²) < 4.78 is 13.1. The van der Waals surface area contributed by atoms with Gasteiger partial charge < -0.3 is 14.6 Å². The van der Waals surface area contributed by atoms with Gasteiger partial charge >= 0.3 is 0 Å². The molecule has 2 aliphatic heterocycles. The second-order valence-electron chi connectivity index (χ2n) is 9.64. The summed E-state index contributed by atoms with van der Waals surface area (Å²) in [5, 5.41) is 10.6. The molecule has 1 aromatic rings. The second kappa shape index (κ2) is 5.31. The fraction of sp³-hybridized carbons (Fsp3) is 0.696. The van der Waals surface area contributed by atoms with E-state index in [4.69, 9.17) is 9.47 Å². The summed E-state index contributed by atoms with van der Waals surface area (Å²) in [5.74, 6) is 1.66. The van der Waals surface area contributed by atoms with Crippen LogP contribution in [0.4, 0.5) is 0 Å². The molecular weight excluding hydrogens is 354 g/mol. The maximum Gasteiger partial charge on any atom is 0.177 e. The topological polar surface area (TPSA) is 59.0 Å². The van der Waals surface area contributed by atoms with Gasteiger partial charge in [-0.2, -0.15) is 0 Å². The summed E-state index contributed by atoms with van der Waals surface area (Å²) in [4.78, 5) is 15.9. The Morgan fingerprint density at radius 2 is 2.14 bits per heavy atom. The monoisotopic (exact) mass is 383 g/mol. The number of piperidine rings is 1. The number of benzene rings is 1. The first kappa shape index (κ1) is 17.3. The summed E-state index contributed by atoms with van der Waals surface area (Å²) in [6.45, 7) is 6.76. The van der Waals surface area contributed by atoms with Gasteiger partial charge in [-0.25, -0.2) is 0 Å². The van der Waals surface area contributed by atoms with E-state index in [1.807, 2.05) is 13.0 Å². The fourth-order valence-corrected chi connectivity index (χ4v) is 7.24. The van der Waals surface area contributed by atoms with Gasteiger partial charge in [0, 0.05) is 31.2 Å². The van der Waals surface area contributed by atoms with Crippen molar-refractivity contribution in [3.63, 3.8) is 0 Å². The molecule has 5 aliphatic rings. The zero-order chi connectivity index (χ0) is 19.3. The lowest BCUT2D eigenvalue weighted by atomic mass is 9.45. The predicted octanol–water partition coefficient (Wildman–Crippen LogP) is 2.96. The van der Waals surface area contributed by atoms with Gasteiger partial charge in [0.1, 0.15) is 0 Å². The lowest BCUT2D eigenvalue weighted by Crippen LogP contribution is -2.80. The molecular formula is C23H29NO4. The van der Waals surface area contributed by atoms with Crippen molar-refractivity contribution in [2.24, 2.45) is 5.92 Å². The molecule has 0 unspecified atom stereocenters. The van der Waals surface area contributed by atoms with Gasteiger partial charge in [0.15, 0.2) is 22.9 Å². The summed E-state index contributed by atoms with van der Waals surface area (Å²) in [5.41, 5.74) is 0.410. The number of rotatable bonds is 4. The zero-order valence-corrected chi connectivity index (χ0v) is 16.8. The molecule has 28 heavy (non-hydrogen) atoms. The number of phenols is 1. The molecule has 3 fully saturated rings. The number of aromatic hydroxyl groups is 1. The van der Waals surface area contributed by atoms with Crippen LogP contribution in [0.1, 0.15) is 57.1 Å². The van der Waals surface area contributed by atoms with Crippen LogP contribution in [0.15, 0.2) is 12.1 Å². The lowest BCUT2D eigenvalue weighted by molar-refractivity contribution is -0.229. The van der Waals surface area contributed by atoms with Gasteiger partial charge in [0.25, 0.3) is 0 Å². The lowest BCUT2D eigenvalue weighted by Gasteiger charge is -2.66. The van der Waals surface area contributed by atoms with Crippen molar-refractivity contribution in [1.82, 2.24) is 4.90 Å². The van der Waals surface area contributed by atoms with E-state index >= 15 is 0 Å². The summed E-state index contributed by atoms with van der Waals surface area (Å²) in [7, 11) is 0. The van der Waals surface area contributed by atoms with Crippen LogP contribution in [-0.2, 0) is 21.4 Å². The van der Waals surface area contributed by atoms with Crippen LogP contribution in [0.25, 0.3) is 0 Å². The maximum atomic E-state index is 13.3. The molecule has 6 rings (SSSR count). The highest BCUT2D eigenvalue weighted by atomic mass is 16.5. The molecule has 4 atom stereocenters. The van der Waals surface area contributed by atoms with Gasteiger partial charge in [-0.05, 0) is 70.0 Å². The SMILES string of the molecule is CCO[C@@]12CCC(=O)[C@]3(C)Oc4c(O)ccc5c4[C@@]31CCN(CC1CC1)[C@@H]2C5. The number of nitrogens with zero attached hydrogens (tertiary/aromatic N) is 1. The predicted molar refractivity (Wildman–Crippen MR) is 104 cm³/mol. The van der Waals surface area contributed by atoms with E-state index in [0.717, 1.165) is 43.8 Å². The molecule has 1 spiro atoms. The van der Waals surface area contributed by atoms with Crippen molar-refractivity contribution in [3.05, 3.63) is 23.3 Å². The first-order chi connectivity index (χ1) is 13.5. The maximum absolute atomic E-state index is 13.3. The molecule has 150 valence electrons. The van der Waals surface area contributed by atoms with Gasteiger partial charge in [-0.1, -0.05) is 6.07 Å². The Kier molecular flexibility index (Phi) is 3.28. The number of Topliss-reactive ketones (excluding diaryl/α,β-unsaturated/α-hetero) is 1. The van der Waals surface area contributed by atoms with E-state index in [9.17, 15) is 9.90 Å². The molecule has 2 bridgehead atoms. The van der Waals surface area contributed by atoms with Crippen molar-refractivity contribution in [2.45, 2.75) is 75.0 Å². The standard InChI is InChI=1S/C23H29NO4/c1-3-27-23-9-8-18(26)21(2)22(23)10-11-24(13-14-4-5-14)17(23)12-15-6-7-16(25)20(28-21)19(15)22/h6-7,14,17,25H,3-5,8-13H2,1-2H3/t17-,21+,22+,23-/m1/s1. The van der Waals surface area contributed by atoms with Crippen LogP contribution < -0.4 is 4.74 Å². The van der Waals surface area contributed by atoms with Crippen molar-refractivity contribution < 1.29 is 19.4 Å². The Labute approximate surface area is 166 Å². The highest BCUT2D eigenvalue weighted by Crippen LogP contribution is 2.69. The normalized spacial score (nSPS) is 40.9. The number of hydrogen-bond acceptors (Lipinski definition) is 5. The fourth-order valence-electron chi connectivity index (χ4n) is 7.24. The van der Waals surface area contributed by atoms with Gasteiger partial charge in [0.05, 0.1) is 11.0 Å². The first-order valence-corrected chi connectivity index (χ1v) is 10.9. The number of carbonyl (C=O) groups is 1. The first-order valence-electron chi connectivity index (χ1n) is 10.9. The van der Waals surface area contributed by atoms with E-state index in [-0.39, 0.29) is 17.6 Å². The highest BCUT2D eigenvalue weighted by Gasteiger charge is 2.78. The van der Waals surface area contributed by atoms with Gasteiger partial charge in [-0.3, -0.25) is 9.69 Å². The molecule has 0 aromatic heterocycles. The zero-order valence-electron chi connectivity index (χ0n) is 16.8. The third-order valence-corrected chi connectivity index (χ3v) is 8.51. The van der Waals surface area contributed by atoms with E-state index in [1.54, 1.807) is 6.07 Å². The minimum absolute atomic E-state index is 0.153. The molecule has 0 amide bonds. The number of ether oxygens (including phenoxy) is 2. The Balaban J connectivity index is 1.63. The molecule has 3 aliphatic carbocycles. The minimum atomic E-state index is -0.958. The van der Waals surface area contributed by atoms with Crippen LogP contribution in [0.2, 0.25) is 0 Å². The molecule has 0 radical (unpaired) electrons.